The number of hydrazine groups is 1. The summed E-state index contributed by atoms with van der Waals surface area (Å²) >= 11 is 0. The molecule has 0 aromatic heterocycles. The molecule has 0 saturated heterocycles. The van der Waals surface area contributed by atoms with Gasteiger partial charge in [-0.05, 0) is 24.7 Å². The maximum Gasteiger partial charge on any atom is 0.237 e. The molecule has 0 bridgehead atoms. The van der Waals surface area contributed by atoms with Gasteiger partial charge in [0.2, 0.25) is 5.91 Å². The van der Waals surface area contributed by atoms with Crippen LogP contribution in [0.15, 0.2) is 0 Å². The first-order chi connectivity index (χ1) is 5.97. The van der Waals surface area contributed by atoms with Crippen molar-refractivity contribution >= 4 is 18.3 Å². The smallest absolute Gasteiger partial charge is 0.237 e. The van der Waals surface area contributed by atoms with Gasteiger partial charge in [-0.25, -0.2) is 5.84 Å². The van der Waals surface area contributed by atoms with Crippen LogP contribution in [0, 0.1) is 17.8 Å². The molecule has 0 saturated carbocycles. The molecule has 0 fully saturated rings. The van der Waals surface area contributed by atoms with Crippen molar-refractivity contribution in [1.29, 1.82) is 0 Å². The monoisotopic (exact) mass is 222 g/mol. The maximum atomic E-state index is 11.3. The molecule has 0 rings (SSSR count). The van der Waals surface area contributed by atoms with Gasteiger partial charge >= 0.3 is 0 Å². The zero-order chi connectivity index (χ0) is 10.4. The summed E-state index contributed by atoms with van der Waals surface area (Å²) in [6.07, 6.45) is 1.84. The number of carbonyl (C=O) groups is 1. The molecule has 0 aliphatic rings. The Hall–Kier alpha value is -0.280. The second-order valence-electron chi connectivity index (χ2n) is 4.46. The summed E-state index contributed by atoms with van der Waals surface area (Å²) in [7, 11) is 0. The van der Waals surface area contributed by atoms with Crippen molar-refractivity contribution < 1.29 is 4.79 Å². The lowest BCUT2D eigenvalue weighted by Gasteiger charge is -2.18. The Kier molecular flexibility index (Phi) is 9.31. The summed E-state index contributed by atoms with van der Waals surface area (Å²) in [5.41, 5.74) is 2.24. The molecule has 0 aromatic rings. The van der Waals surface area contributed by atoms with E-state index in [9.17, 15) is 4.79 Å². The molecule has 4 heteroatoms. The van der Waals surface area contributed by atoms with E-state index in [1.54, 1.807) is 0 Å². The Balaban J connectivity index is 0. The van der Waals surface area contributed by atoms with Gasteiger partial charge in [-0.3, -0.25) is 10.2 Å². The number of rotatable bonds is 5. The molecule has 1 amide bonds. The van der Waals surface area contributed by atoms with Crippen LogP contribution in [-0.2, 0) is 4.79 Å². The summed E-state index contributed by atoms with van der Waals surface area (Å²) in [5, 5.41) is 0. The predicted molar refractivity (Wildman–Crippen MR) is 62.0 cm³/mol. The third-order valence-electron chi connectivity index (χ3n) is 2.02. The molecule has 0 heterocycles. The van der Waals surface area contributed by atoms with E-state index in [0.717, 1.165) is 12.8 Å². The minimum absolute atomic E-state index is 0. The van der Waals surface area contributed by atoms with E-state index >= 15 is 0 Å². The van der Waals surface area contributed by atoms with Gasteiger partial charge in [0.25, 0.3) is 0 Å². The van der Waals surface area contributed by atoms with E-state index in [4.69, 9.17) is 5.84 Å². The first-order valence-electron chi connectivity index (χ1n) is 4.97. The van der Waals surface area contributed by atoms with Crippen molar-refractivity contribution in [3.8, 4) is 0 Å². The molecule has 0 aliphatic heterocycles. The van der Waals surface area contributed by atoms with Gasteiger partial charge in [-0.1, -0.05) is 27.7 Å². The zero-order valence-electron chi connectivity index (χ0n) is 9.54. The van der Waals surface area contributed by atoms with Crippen LogP contribution in [0.2, 0.25) is 0 Å². The standard InChI is InChI=1S/C10H22N2O.ClH/c1-7(2)5-9(6-8(3)4)10(13)12-11;/h7-9H,5-6,11H2,1-4H3,(H,12,13);1H. The summed E-state index contributed by atoms with van der Waals surface area (Å²) in [6, 6.07) is 0. The number of hydrogen-bond acceptors (Lipinski definition) is 2. The predicted octanol–water partition coefficient (Wildman–Crippen LogP) is 2.11. The highest BCUT2D eigenvalue weighted by molar-refractivity contribution is 5.85. The summed E-state index contributed by atoms with van der Waals surface area (Å²) < 4.78 is 0. The fourth-order valence-corrected chi connectivity index (χ4v) is 1.57. The van der Waals surface area contributed by atoms with Crippen molar-refractivity contribution in [2.45, 2.75) is 40.5 Å². The van der Waals surface area contributed by atoms with Crippen molar-refractivity contribution in [1.82, 2.24) is 5.43 Å². The zero-order valence-corrected chi connectivity index (χ0v) is 10.4. The van der Waals surface area contributed by atoms with Crippen molar-refractivity contribution in [3.63, 3.8) is 0 Å². The number of halogens is 1. The minimum atomic E-state index is -0.0256. The molecule has 0 aromatic carbocycles. The lowest BCUT2D eigenvalue weighted by atomic mass is 9.89. The number of nitrogens with two attached hydrogens (primary N) is 1. The first kappa shape index (κ1) is 16.2. The maximum absolute atomic E-state index is 11.3. The minimum Gasteiger partial charge on any atom is -0.294 e. The largest absolute Gasteiger partial charge is 0.294 e. The topological polar surface area (TPSA) is 55.1 Å². The Morgan fingerprint density at radius 1 is 1.14 bits per heavy atom. The second-order valence-corrected chi connectivity index (χ2v) is 4.46. The van der Waals surface area contributed by atoms with Gasteiger partial charge < -0.3 is 0 Å². The summed E-state index contributed by atoms with van der Waals surface area (Å²) in [4.78, 5) is 11.3. The molecular formula is C10H23ClN2O. The lowest BCUT2D eigenvalue weighted by Crippen LogP contribution is -2.37. The van der Waals surface area contributed by atoms with Crippen LogP contribution in [0.5, 0.6) is 0 Å². The Morgan fingerprint density at radius 3 is 1.71 bits per heavy atom. The molecule has 0 atom stereocenters. The summed E-state index contributed by atoms with van der Waals surface area (Å²) in [5.74, 6) is 6.26. The van der Waals surface area contributed by atoms with Gasteiger partial charge in [-0.2, -0.15) is 0 Å². The van der Waals surface area contributed by atoms with Gasteiger partial charge in [0.1, 0.15) is 0 Å². The molecule has 0 spiro atoms. The molecular weight excluding hydrogens is 200 g/mol. The van der Waals surface area contributed by atoms with E-state index in [1.807, 2.05) is 0 Å². The van der Waals surface area contributed by atoms with Crippen LogP contribution in [0.1, 0.15) is 40.5 Å². The molecule has 14 heavy (non-hydrogen) atoms. The first-order valence-corrected chi connectivity index (χ1v) is 4.97. The van der Waals surface area contributed by atoms with E-state index < -0.39 is 0 Å². The summed E-state index contributed by atoms with van der Waals surface area (Å²) in [6.45, 7) is 8.49. The second kappa shape index (κ2) is 8.06. The van der Waals surface area contributed by atoms with Crippen molar-refractivity contribution in [2.75, 3.05) is 0 Å². The Morgan fingerprint density at radius 2 is 1.50 bits per heavy atom. The number of amides is 1. The Labute approximate surface area is 93.2 Å². The average Bonchev–Trinajstić information content (AvgIpc) is 2.00. The quantitative estimate of drug-likeness (QED) is 0.425. The molecule has 3 nitrogen and oxygen atoms in total. The highest BCUT2D eigenvalue weighted by Gasteiger charge is 2.19. The highest BCUT2D eigenvalue weighted by atomic mass is 35.5. The van der Waals surface area contributed by atoms with Gasteiger partial charge in [0, 0.05) is 5.92 Å². The molecule has 3 N–H and O–H groups in total. The van der Waals surface area contributed by atoms with Crippen LogP contribution >= 0.6 is 12.4 Å². The molecule has 86 valence electrons. The fourth-order valence-electron chi connectivity index (χ4n) is 1.57. The van der Waals surface area contributed by atoms with Gasteiger partial charge in [-0.15, -0.1) is 12.4 Å². The van der Waals surface area contributed by atoms with Gasteiger partial charge in [0.05, 0.1) is 0 Å². The normalized spacial score (nSPS) is 10.6. The third-order valence-corrected chi connectivity index (χ3v) is 2.02. The number of carbonyl (C=O) groups excluding carboxylic acids is 1. The van der Waals surface area contributed by atoms with Crippen LogP contribution in [0.25, 0.3) is 0 Å². The van der Waals surface area contributed by atoms with Crippen LogP contribution < -0.4 is 11.3 Å². The van der Waals surface area contributed by atoms with E-state index in [1.165, 1.54) is 0 Å². The van der Waals surface area contributed by atoms with Gasteiger partial charge in [0.15, 0.2) is 0 Å². The molecule has 0 radical (unpaired) electrons. The SMILES string of the molecule is CC(C)CC(CC(C)C)C(=O)NN.Cl. The molecule has 0 aliphatic carbocycles. The number of hydrogen-bond donors (Lipinski definition) is 2. The van der Waals surface area contributed by atoms with E-state index in [2.05, 4.69) is 33.1 Å². The lowest BCUT2D eigenvalue weighted by molar-refractivity contribution is -0.126. The Bertz CT molecular complexity index is 150. The third kappa shape index (κ3) is 7.15. The van der Waals surface area contributed by atoms with Crippen LogP contribution in [0.3, 0.4) is 0 Å². The molecule has 0 unspecified atom stereocenters. The van der Waals surface area contributed by atoms with Crippen LogP contribution in [-0.4, -0.2) is 5.91 Å². The van der Waals surface area contributed by atoms with Crippen molar-refractivity contribution in [3.05, 3.63) is 0 Å². The van der Waals surface area contributed by atoms with E-state index in [0.29, 0.717) is 11.8 Å². The highest BCUT2D eigenvalue weighted by Crippen LogP contribution is 2.19. The number of nitrogens with one attached hydrogen (secondary N) is 1. The van der Waals surface area contributed by atoms with Crippen LogP contribution in [0.4, 0.5) is 0 Å². The fraction of sp³-hybridized carbons (Fsp3) is 0.900. The van der Waals surface area contributed by atoms with Crippen molar-refractivity contribution in [2.24, 2.45) is 23.6 Å². The van der Waals surface area contributed by atoms with E-state index in [-0.39, 0.29) is 24.2 Å². The average molecular weight is 223 g/mol.